The number of nitrogens with one attached hydrogen (secondary N) is 1. The third-order valence-electron chi connectivity index (χ3n) is 3.34. The van der Waals surface area contributed by atoms with E-state index in [0.29, 0.717) is 17.0 Å². The number of sulfonamides is 1. The fraction of sp³-hybridized carbons (Fsp3) is 0.278. The molecule has 0 saturated heterocycles. The lowest BCUT2D eigenvalue weighted by molar-refractivity contribution is 0.101. The van der Waals surface area contributed by atoms with Crippen LogP contribution >= 0.6 is 0 Å². The summed E-state index contributed by atoms with van der Waals surface area (Å²) in [7, 11) is -3.77. The molecule has 128 valence electrons. The molecule has 2 aromatic rings. The number of benzene rings is 2. The molecule has 0 atom stereocenters. The highest BCUT2D eigenvalue weighted by atomic mass is 32.2. The summed E-state index contributed by atoms with van der Waals surface area (Å²) in [5.41, 5.74) is 1.63. The van der Waals surface area contributed by atoms with E-state index in [1.165, 1.54) is 19.1 Å². The van der Waals surface area contributed by atoms with Crippen LogP contribution in [0.4, 0.5) is 5.69 Å². The molecule has 0 spiro atoms. The highest BCUT2D eigenvalue weighted by molar-refractivity contribution is 7.92. The third-order valence-corrected chi connectivity index (χ3v) is 4.72. The van der Waals surface area contributed by atoms with Crippen LogP contribution in [0.3, 0.4) is 0 Å². The predicted octanol–water partition coefficient (Wildman–Crippen LogP) is 3.79. The first-order valence-electron chi connectivity index (χ1n) is 7.60. The average molecular weight is 347 g/mol. The molecule has 0 aliphatic heterocycles. The van der Waals surface area contributed by atoms with Crippen molar-refractivity contribution in [1.29, 1.82) is 0 Å². The Morgan fingerprint density at radius 1 is 1.12 bits per heavy atom. The molecule has 0 saturated carbocycles. The second kappa shape index (κ2) is 7.05. The number of Topliss-reactive ketones (excluding diaryl/α,β-unsaturated/α-hetero) is 1. The van der Waals surface area contributed by atoms with Crippen LogP contribution in [0.1, 0.15) is 36.7 Å². The number of hydrogen-bond donors (Lipinski definition) is 1. The Kier molecular flexibility index (Phi) is 5.29. The van der Waals surface area contributed by atoms with Gasteiger partial charge in [0, 0.05) is 11.3 Å². The van der Waals surface area contributed by atoms with E-state index in [9.17, 15) is 13.2 Å². The molecule has 5 nitrogen and oxygen atoms in total. The summed E-state index contributed by atoms with van der Waals surface area (Å²) >= 11 is 0. The van der Waals surface area contributed by atoms with Crippen LogP contribution in [0, 0.1) is 6.92 Å². The van der Waals surface area contributed by atoms with E-state index >= 15 is 0 Å². The minimum absolute atomic E-state index is 0.0422. The first kappa shape index (κ1) is 18.0. The molecule has 0 fully saturated rings. The lowest BCUT2D eigenvalue weighted by Gasteiger charge is -2.14. The van der Waals surface area contributed by atoms with Crippen LogP contribution in [0.5, 0.6) is 5.75 Å². The van der Waals surface area contributed by atoms with Crippen molar-refractivity contribution < 1.29 is 17.9 Å². The van der Waals surface area contributed by atoms with Crippen LogP contribution in [0.15, 0.2) is 47.4 Å². The number of ether oxygens (including phenoxy) is 1. The largest absolute Gasteiger partial charge is 0.491 e. The van der Waals surface area contributed by atoms with E-state index in [1.807, 2.05) is 20.8 Å². The maximum absolute atomic E-state index is 12.5. The van der Waals surface area contributed by atoms with Gasteiger partial charge in [0.05, 0.1) is 11.0 Å². The third kappa shape index (κ3) is 4.35. The summed E-state index contributed by atoms with van der Waals surface area (Å²) in [6, 6.07) is 11.1. The van der Waals surface area contributed by atoms with E-state index < -0.39 is 10.0 Å². The molecule has 0 bridgehead atoms. The zero-order valence-corrected chi connectivity index (χ0v) is 15.0. The van der Waals surface area contributed by atoms with E-state index in [0.717, 1.165) is 5.56 Å². The van der Waals surface area contributed by atoms with E-state index in [1.54, 1.807) is 30.3 Å². The number of rotatable bonds is 6. The first-order valence-corrected chi connectivity index (χ1v) is 9.08. The van der Waals surface area contributed by atoms with E-state index in [-0.39, 0.29) is 16.8 Å². The Bertz CT molecular complexity index is 857. The van der Waals surface area contributed by atoms with Crippen molar-refractivity contribution in [2.75, 3.05) is 4.72 Å². The molecule has 6 heteroatoms. The molecular weight excluding hydrogens is 326 g/mol. The number of carbonyl (C=O) groups is 1. The molecule has 2 aromatic carbocycles. The standard InChI is InChI=1S/C18H21NO4S/c1-12(2)23-18-9-8-16(10-13(18)3)19-24(21,22)17-7-5-6-15(11-17)14(4)20/h5-12,19H,1-4H3. The molecule has 0 aliphatic carbocycles. The lowest BCUT2D eigenvalue weighted by Crippen LogP contribution is -2.14. The summed E-state index contributed by atoms with van der Waals surface area (Å²) < 4.78 is 33.2. The summed E-state index contributed by atoms with van der Waals surface area (Å²) in [6.45, 7) is 7.11. The Hall–Kier alpha value is -2.34. The van der Waals surface area contributed by atoms with Gasteiger partial charge in [-0.1, -0.05) is 12.1 Å². The average Bonchev–Trinajstić information content (AvgIpc) is 2.49. The molecule has 0 aliphatic rings. The number of hydrogen-bond acceptors (Lipinski definition) is 4. The second-order valence-corrected chi connectivity index (χ2v) is 7.52. The number of aryl methyl sites for hydroxylation is 1. The number of anilines is 1. The van der Waals surface area contributed by atoms with Gasteiger partial charge >= 0.3 is 0 Å². The number of ketones is 1. The minimum atomic E-state index is -3.77. The van der Waals surface area contributed by atoms with Crippen molar-refractivity contribution >= 4 is 21.5 Å². The van der Waals surface area contributed by atoms with Gasteiger partial charge in [0.1, 0.15) is 5.75 Å². The van der Waals surface area contributed by atoms with Crippen molar-refractivity contribution in [3.8, 4) is 5.75 Å². The maximum Gasteiger partial charge on any atom is 0.261 e. The SMILES string of the molecule is CC(=O)c1cccc(S(=O)(=O)Nc2ccc(OC(C)C)c(C)c2)c1. The van der Waals surface area contributed by atoms with Crippen molar-refractivity contribution in [3.63, 3.8) is 0 Å². The van der Waals surface area contributed by atoms with Gasteiger partial charge in [-0.25, -0.2) is 8.42 Å². The number of carbonyl (C=O) groups excluding carboxylic acids is 1. The van der Waals surface area contributed by atoms with Crippen LogP contribution in [-0.2, 0) is 10.0 Å². The van der Waals surface area contributed by atoms with Gasteiger partial charge in [-0.3, -0.25) is 9.52 Å². The zero-order valence-electron chi connectivity index (χ0n) is 14.2. The molecule has 1 N–H and O–H groups in total. The molecule has 0 aromatic heterocycles. The summed E-state index contributed by atoms with van der Waals surface area (Å²) in [5, 5.41) is 0. The monoisotopic (exact) mass is 347 g/mol. The Balaban J connectivity index is 2.28. The smallest absolute Gasteiger partial charge is 0.261 e. The lowest BCUT2D eigenvalue weighted by atomic mass is 10.2. The van der Waals surface area contributed by atoms with Crippen molar-refractivity contribution in [2.24, 2.45) is 0 Å². The van der Waals surface area contributed by atoms with Crippen molar-refractivity contribution in [3.05, 3.63) is 53.6 Å². The molecular formula is C18H21NO4S. The highest BCUT2D eigenvalue weighted by Gasteiger charge is 2.16. The van der Waals surface area contributed by atoms with Crippen LogP contribution < -0.4 is 9.46 Å². The maximum atomic E-state index is 12.5. The Morgan fingerprint density at radius 2 is 1.83 bits per heavy atom. The van der Waals surface area contributed by atoms with E-state index in [4.69, 9.17) is 4.74 Å². The van der Waals surface area contributed by atoms with Gasteiger partial charge in [0.2, 0.25) is 0 Å². The highest BCUT2D eigenvalue weighted by Crippen LogP contribution is 2.25. The van der Waals surface area contributed by atoms with Crippen molar-refractivity contribution in [2.45, 2.75) is 38.7 Å². The predicted molar refractivity (Wildman–Crippen MR) is 94.2 cm³/mol. The van der Waals surface area contributed by atoms with Gasteiger partial charge < -0.3 is 4.74 Å². The molecule has 0 heterocycles. The van der Waals surface area contributed by atoms with Crippen molar-refractivity contribution in [1.82, 2.24) is 0 Å². The van der Waals surface area contributed by atoms with Gasteiger partial charge in [-0.2, -0.15) is 0 Å². The van der Waals surface area contributed by atoms with Gasteiger partial charge in [0.25, 0.3) is 10.0 Å². The van der Waals surface area contributed by atoms with Crippen LogP contribution in [-0.4, -0.2) is 20.3 Å². The first-order chi connectivity index (χ1) is 11.2. The molecule has 0 radical (unpaired) electrons. The molecule has 2 rings (SSSR count). The molecule has 0 unspecified atom stereocenters. The second-order valence-electron chi connectivity index (χ2n) is 5.84. The fourth-order valence-electron chi connectivity index (χ4n) is 2.20. The summed E-state index contributed by atoms with van der Waals surface area (Å²) in [6.07, 6.45) is 0.0422. The zero-order chi connectivity index (χ0) is 17.9. The Morgan fingerprint density at radius 3 is 2.42 bits per heavy atom. The quantitative estimate of drug-likeness (QED) is 0.807. The molecule has 24 heavy (non-hydrogen) atoms. The topological polar surface area (TPSA) is 72.5 Å². The van der Waals surface area contributed by atoms with Gasteiger partial charge in [0.15, 0.2) is 5.78 Å². The van der Waals surface area contributed by atoms with Crippen LogP contribution in [0.2, 0.25) is 0 Å². The fourth-order valence-corrected chi connectivity index (χ4v) is 3.29. The van der Waals surface area contributed by atoms with Gasteiger partial charge in [-0.15, -0.1) is 0 Å². The van der Waals surface area contributed by atoms with Crippen LogP contribution in [0.25, 0.3) is 0 Å². The normalized spacial score (nSPS) is 11.4. The summed E-state index contributed by atoms with van der Waals surface area (Å²) in [5.74, 6) is 0.532. The minimum Gasteiger partial charge on any atom is -0.491 e. The summed E-state index contributed by atoms with van der Waals surface area (Å²) in [4.78, 5) is 11.5. The van der Waals surface area contributed by atoms with Gasteiger partial charge in [-0.05, 0) is 63.6 Å². The Labute approximate surface area is 142 Å². The van der Waals surface area contributed by atoms with E-state index in [2.05, 4.69) is 4.72 Å². The molecule has 0 amide bonds.